The second kappa shape index (κ2) is 8.87. The molecule has 2 aromatic carbocycles. The van der Waals surface area contributed by atoms with Gasteiger partial charge in [0.25, 0.3) is 0 Å². The number of hydrogen-bond acceptors (Lipinski definition) is 4. The van der Waals surface area contributed by atoms with Crippen molar-refractivity contribution >= 4 is 46.6 Å². The van der Waals surface area contributed by atoms with Crippen molar-refractivity contribution in [1.29, 1.82) is 0 Å². The first kappa shape index (κ1) is 22.5. The summed E-state index contributed by atoms with van der Waals surface area (Å²) in [5, 5.41) is 10.7. The van der Waals surface area contributed by atoms with Crippen LogP contribution in [0.1, 0.15) is 12.5 Å². The Morgan fingerprint density at radius 3 is 2.37 bits per heavy atom. The van der Waals surface area contributed by atoms with E-state index in [9.17, 15) is 18.0 Å². The van der Waals surface area contributed by atoms with Crippen molar-refractivity contribution in [3.8, 4) is 11.4 Å². The van der Waals surface area contributed by atoms with Crippen molar-refractivity contribution in [1.82, 2.24) is 14.8 Å². The molecule has 0 saturated heterocycles. The van der Waals surface area contributed by atoms with Crippen LogP contribution in [0, 0.1) is 0 Å². The fourth-order valence-corrected chi connectivity index (χ4v) is 3.69. The van der Waals surface area contributed by atoms with Crippen molar-refractivity contribution in [2.45, 2.75) is 23.5 Å². The standard InChI is InChI=1S/C19H15Cl2F3N4OS/c1-10(17(29)25-15-8-7-13(21)9-14(15)19(22,23)24)30-18-27-26-16(28(18)2)11-3-5-12(20)6-4-11/h3-10H,1-2H3,(H,25,29). The van der Waals surface area contributed by atoms with E-state index >= 15 is 0 Å². The summed E-state index contributed by atoms with van der Waals surface area (Å²) in [7, 11) is 1.73. The zero-order valence-corrected chi connectivity index (χ0v) is 18.0. The molecule has 3 rings (SSSR count). The summed E-state index contributed by atoms with van der Waals surface area (Å²) in [5.74, 6) is -0.0392. The Morgan fingerprint density at radius 1 is 1.10 bits per heavy atom. The van der Waals surface area contributed by atoms with E-state index in [1.807, 2.05) is 0 Å². The molecular weight excluding hydrogens is 460 g/mol. The molecule has 0 aliphatic rings. The quantitative estimate of drug-likeness (QED) is 0.465. The number of nitrogens with zero attached hydrogens (tertiary/aromatic N) is 3. The summed E-state index contributed by atoms with van der Waals surface area (Å²) < 4.78 is 41.4. The summed E-state index contributed by atoms with van der Waals surface area (Å²) in [5.41, 5.74) is -0.581. The Bertz CT molecular complexity index is 1070. The van der Waals surface area contributed by atoms with Crippen LogP contribution < -0.4 is 5.32 Å². The lowest BCUT2D eigenvalue weighted by atomic mass is 10.1. The summed E-state index contributed by atoms with van der Waals surface area (Å²) >= 11 is 12.6. The molecule has 158 valence electrons. The summed E-state index contributed by atoms with van der Waals surface area (Å²) in [6.45, 7) is 1.57. The maximum atomic E-state index is 13.2. The molecule has 1 atom stereocenters. The van der Waals surface area contributed by atoms with Crippen LogP contribution in [0.2, 0.25) is 10.0 Å². The fourth-order valence-electron chi connectivity index (χ4n) is 2.57. The third-order valence-corrected chi connectivity index (χ3v) is 5.75. The SMILES string of the molecule is CC(Sc1nnc(-c2ccc(Cl)cc2)n1C)C(=O)Nc1ccc(Cl)cc1C(F)(F)F. The first-order chi connectivity index (χ1) is 14.1. The van der Waals surface area contributed by atoms with E-state index in [1.165, 1.54) is 6.07 Å². The number of benzene rings is 2. The van der Waals surface area contributed by atoms with Crippen LogP contribution in [0.4, 0.5) is 18.9 Å². The predicted octanol–water partition coefficient (Wildman–Crippen LogP) is 5.93. The number of alkyl halides is 3. The van der Waals surface area contributed by atoms with E-state index in [1.54, 1.807) is 42.8 Å². The van der Waals surface area contributed by atoms with Crippen LogP contribution in [0.3, 0.4) is 0 Å². The number of nitrogens with one attached hydrogen (secondary N) is 1. The van der Waals surface area contributed by atoms with Crippen molar-refractivity contribution in [2.24, 2.45) is 7.05 Å². The molecule has 11 heteroatoms. The molecule has 0 aliphatic carbocycles. The molecule has 1 heterocycles. The summed E-state index contributed by atoms with van der Waals surface area (Å²) in [6.07, 6.45) is -4.65. The van der Waals surface area contributed by atoms with Crippen LogP contribution in [0.5, 0.6) is 0 Å². The molecule has 1 N–H and O–H groups in total. The fraction of sp³-hybridized carbons (Fsp3) is 0.211. The number of anilines is 1. The Kier molecular flexibility index (Phi) is 6.64. The van der Waals surface area contributed by atoms with Gasteiger partial charge in [0.2, 0.25) is 5.91 Å². The molecule has 0 saturated carbocycles. The molecule has 0 bridgehead atoms. The zero-order chi connectivity index (χ0) is 22.1. The van der Waals surface area contributed by atoms with Crippen molar-refractivity contribution < 1.29 is 18.0 Å². The molecule has 5 nitrogen and oxygen atoms in total. The molecular formula is C19H15Cl2F3N4OS. The van der Waals surface area contributed by atoms with Crippen LogP contribution in [-0.2, 0) is 18.0 Å². The minimum absolute atomic E-state index is 0.0726. The van der Waals surface area contributed by atoms with Gasteiger partial charge in [-0.1, -0.05) is 35.0 Å². The minimum Gasteiger partial charge on any atom is -0.325 e. The number of carbonyl (C=O) groups is 1. The predicted molar refractivity (Wildman–Crippen MR) is 112 cm³/mol. The number of rotatable bonds is 5. The van der Waals surface area contributed by atoms with E-state index in [-0.39, 0.29) is 10.7 Å². The smallest absolute Gasteiger partial charge is 0.325 e. The molecule has 0 radical (unpaired) electrons. The van der Waals surface area contributed by atoms with Crippen LogP contribution in [0.25, 0.3) is 11.4 Å². The molecule has 1 unspecified atom stereocenters. The van der Waals surface area contributed by atoms with Crippen molar-refractivity contribution in [3.63, 3.8) is 0 Å². The minimum atomic E-state index is -4.65. The van der Waals surface area contributed by atoms with Crippen molar-refractivity contribution in [2.75, 3.05) is 5.32 Å². The summed E-state index contributed by atoms with van der Waals surface area (Å²) in [6, 6.07) is 10.2. The van der Waals surface area contributed by atoms with Gasteiger partial charge < -0.3 is 9.88 Å². The maximum absolute atomic E-state index is 13.2. The number of aromatic nitrogens is 3. The molecule has 0 aliphatic heterocycles. The van der Waals surface area contributed by atoms with E-state index in [0.717, 1.165) is 29.5 Å². The molecule has 1 amide bonds. The van der Waals surface area contributed by atoms with E-state index in [2.05, 4.69) is 15.5 Å². The Morgan fingerprint density at radius 2 is 1.73 bits per heavy atom. The normalized spacial score (nSPS) is 12.6. The van der Waals surface area contributed by atoms with Gasteiger partial charge in [-0.2, -0.15) is 13.2 Å². The van der Waals surface area contributed by atoms with E-state index in [0.29, 0.717) is 16.0 Å². The van der Waals surface area contributed by atoms with Gasteiger partial charge in [0.15, 0.2) is 11.0 Å². The monoisotopic (exact) mass is 474 g/mol. The second-order valence-corrected chi connectivity index (χ2v) is 8.49. The molecule has 0 spiro atoms. The van der Waals surface area contributed by atoms with Crippen molar-refractivity contribution in [3.05, 3.63) is 58.1 Å². The first-order valence-corrected chi connectivity index (χ1v) is 10.2. The topological polar surface area (TPSA) is 59.8 Å². The highest BCUT2D eigenvalue weighted by Crippen LogP contribution is 2.37. The highest BCUT2D eigenvalue weighted by Gasteiger charge is 2.34. The van der Waals surface area contributed by atoms with Gasteiger partial charge in [0, 0.05) is 22.7 Å². The molecule has 0 fully saturated rings. The molecule has 3 aromatic rings. The van der Waals surface area contributed by atoms with Gasteiger partial charge in [-0.05, 0) is 49.4 Å². The van der Waals surface area contributed by atoms with Gasteiger partial charge >= 0.3 is 6.18 Å². The number of halogens is 5. The lowest BCUT2D eigenvalue weighted by molar-refractivity contribution is -0.137. The Balaban J connectivity index is 1.75. The number of amides is 1. The van der Waals surface area contributed by atoms with E-state index in [4.69, 9.17) is 23.2 Å². The van der Waals surface area contributed by atoms with Crippen LogP contribution in [0.15, 0.2) is 47.6 Å². The number of thioether (sulfide) groups is 1. The van der Waals surface area contributed by atoms with Crippen LogP contribution in [-0.4, -0.2) is 25.9 Å². The van der Waals surface area contributed by atoms with Gasteiger partial charge in [-0.3, -0.25) is 4.79 Å². The van der Waals surface area contributed by atoms with E-state index < -0.39 is 22.9 Å². The van der Waals surface area contributed by atoms with Gasteiger partial charge in [0.1, 0.15) is 0 Å². The number of carbonyl (C=O) groups excluding carboxylic acids is 1. The van der Waals surface area contributed by atoms with Gasteiger partial charge in [-0.15, -0.1) is 10.2 Å². The molecule has 1 aromatic heterocycles. The zero-order valence-electron chi connectivity index (χ0n) is 15.7. The Labute approximate surface area is 184 Å². The largest absolute Gasteiger partial charge is 0.418 e. The molecule has 30 heavy (non-hydrogen) atoms. The second-order valence-electron chi connectivity index (χ2n) is 6.31. The average Bonchev–Trinajstić information content (AvgIpc) is 3.03. The Hall–Kier alpha value is -2.23. The highest BCUT2D eigenvalue weighted by molar-refractivity contribution is 8.00. The van der Waals surface area contributed by atoms with Gasteiger partial charge in [0.05, 0.1) is 16.5 Å². The average molecular weight is 475 g/mol. The van der Waals surface area contributed by atoms with Crippen LogP contribution >= 0.6 is 35.0 Å². The lowest BCUT2D eigenvalue weighted by Crippen LogP contribution is -2.24. The highest BCUT2D eigenvalue weighted by atomic mass is 35.5. The third-order valence-electron chi connectivity index (χ3n) is 4.13. The maximum Gasteiger partial charge on any atom is 0.418 e. The van der Waals surface area contributed by atoms with Gasteiger partial charge in [-0.25, -0.2) is 0 Å². The summed E-state index contributed by atoms with van der Waals surface area (Å²) in [4.78, 5) is 12.5. The number of hydrogen-bond donors (Lipinski definition) is 1. The third kappa shape index (κ3) is 5.08. The first-order valence-electron chi connectivity index (χ1n) is 8.56. The lowest BCUT2D eigenvalue weighted by Gasteiger charge is -2.16.